The monoisotopic (exact) mass is 442 g/mol. The molecule has 0 aliphatic heterocycles. The SMILES string of the molecule is COc1ccc(/C=C/c2cc(OC)cc(OC)c2-c2cc(=O)c3cc(C)c(C)cc3o2)cc1. The zero-order valence-corrected chi connectivity index (χ0v) is 19.4. The summed E-state index contributed by atoms with van der Waals surface area (Å²) < 4.78 is 22.6. The quantitative estimate of drug-likeness (QED) is 0.329. The Morgan fingerprint density at radius 1 is 0.758 bits per heavy atom. The second kappa shape index (κ2) is 9.25. The van der Waals surface area contributed by atoms with Gasteiger partial charge in [-0.2, -0.15) is 0 Å². The third kappa shape index (κ3) is 4.48. The molecule has 4 rings (SSSR count). The predicted octanol–water partition coefficient (Wildman–Crippen LogP) is 6.27. The number of fused-ring (bicyclic) bond motifs is 1. The summed E-state index contributed by atoms with van der Waals surface area (Å²) in [6, 6.07) is 16.7. The summed E-state index contributed by atoms with van der Waals surface area (Å²) in [5, 5.41) is 0.560. The van der Waals surface area contributed by atoms with Crippen molar-refractivity contribution in [3.05, 3.63) is 87.1 Å². The molecule has 0 aliphatic rings. The lowest BCUT2D eigenvalue weighted by Gasteiger charge is -2.14. The van der Waals surface area contributed by atoms with Crippen LogP contribution in [0.1, 0.15) is 22.3 Å². The highest BCUT2D eigenvalue weighted by Crippen LogP contribution is 2.38. The molecule has 0 amide bonds. The molecule has 0 spiro atoms. The topological polar surface area (TPSA) is 57.9 Å². The maximum absolute atomic E-state index is 13.0. The zero-order valence-electron chi connectivity index (χ0n) is 19.4. The zero-order chi connectivity index (χ0) is 23.5. The third-order valence-corrected chi connectivity index (χ3v) is 5.72. The average molecular weight is 443 g/mol. The number of benzene rings is 3. The van der Waals surface area contributed by atoms with Crippen molar-refractivity contribution in [1.29, 1.82) is 0 Å². The number of rotatable bonds is 6. The molecule has 0 radical (unpaired) electrons. The van der Waals surface area contributed by atoms with E-state index in [4.69, 9.17) is 18.6 Å². The number of hydrogen-bond donors (Lipinski definition) is 0. The molecule has 3 aromatic carbocycles. The highest BCUT2D eigenvalue weighted by atomic mass is 16.5. The maximum atomic E-state index is 13.0. The van der Waals surface area contributed by atoms with Crippen LogP contribution in [0.3, 0.4) is 0 Å². The first-order valence-electron chi connectivity index (χ1n) is 10.6. The van der Waals surface area contributed by atoms with E-state index in [1.165, 1.54) is 6.07 Å². The largest absolute Gasteiger partial charge is 0.497 e. The van der Waals surface area contributed by atoms with E-state index in [0.29, 0.717) is 33.8 Å². The van der Waals surface area contributed by atoms with Crippen LogP contribution in [0.5, 0.6) is 17.2 Å². The Labute approximate surface area is 192 Å². The molecule has 0 unspecified atom stereocenters. The van der Waals surface area contributed by atoms with Crippen LogP contribution in [0.15, 0.2) is 63.8 Å². The first-order valence-corrected chi connectivity index (χ1v) is 10.6. The van der Waals surface area contributed by atoms with Gasteiger partial charge in [-0.25, -0.2) is 0 Å². The van der Waals surface area contributed by atoms with Gasteiger partial charge in [0.1, 0.15) is 28.6 Å². The number of ether oxygens (including phenoxy) is 3. The molecule has 4 aromatic rings. The van der Waals surface area contributed by atoms with Crippen LogP contribution < -0.4 is 19.6 Å². The van der Waals surface area contributed by atoms with E-state index in [9.17, 15) is 4.79 Å². The van der Waals surface area contributed by atoms with Gasteiger partial charge in [0, 0.05) is 12.1 Å². The van der Waals surface area contributed by atoms with Crippen molar-refractivity contribution < 1.29 is 18.6 Å². The second-order valence-electron chi connectivity index (χ2n) is 7.81. The van der Waals surface area contributed by atoms with Gasteiger partial charge in [-0.05, 0) is 66.4 Å². The fourth-order valence-electron chi connectivity index (χ4n) is 3.72. The molecular weight excluding hydrogens is 416 g/mol. The van der Waals surface area contributed by atoms with Gasteiger partial charge in [0.2, 0.25) is 0 Å². The van der Waals surface area contributed by atoms with Crippen molar-refractivity contribution in [3.8, 4) is 28.6 Å². The molecule has 0 saturated carbocycles. The Morgan fingerprint density at radius 2 is 1.45 bits per heavy atom. The molecule has 0 N–H and O–H groups in total. The van der Waals surface area contributed by atoms with Crippen molar-refractivity contribution in [2.24, 2.45) is 0 Å². The van der Waals surface area contributed by atoms with Crippen LogP contribution in [0.4, 0.5) is 0 Å². The smallest absolute Gasteiger partial charge is 0.193 e. The summed E-state index contributed by atoms with van der Waals surface area (Å²) in [7, 11) is 4.83. The molecule has 1 heterocycles. The van der Waals surface area contributed by atoms with Crippen LogP contribution >= 0.6 is 0 Å². The summed E-state index contributed by atoms with van der Waals surface area (Å²) in [6.07, 6.45) is 3.93. The highest BCUT2D eigenvalue weighted by molar-refractivity contribution is 5.86. The molecule has 0 saturated heterocycles. The Hall–Kier alpha value is -3.99. The Morgan fingerprint density at radius 3 is 2.12 bits per heavy atom. The van der Waals surface area contributed by atoms with Gasteiger partial charge in [0.15, 0.2) is 5.43 Å². The van der Waals surface area contributed by atoms with Crippen LogP contribution in [0, 0.1) is 13.8 Å². The predicted molar refractivity (Wildman–Crippen MR) is 132 cm³/mol. The standard InChI is InChI=1S/C28H26O5/c1-17-12-23-24(29)16-27(33-25(23)13-18(17)2)28-20(14-22(31-4)15-26(28)32-5)9-6-19-7-10-21(30-3)11-8-19/h6-16H,1-5H3/b9-6+. The van der Waals surface area contributed by atoms with Gasteiger partial charge < -0.3 is 18.6 Å². The molecule has 0 bridgehead atoms. The third-order valence-electron chi connectivity index (χ3n) is 5.72. The van der Waals surface area contributed by atoms with E-state index in [2.05, 4.69) is 0 Å². The Bertz CT molecular complexity index is 1390. The summed E-state index contributed by atoms with van der Waals surface area (Å²) in [4.78, 5) is 13.0. The maximum Gasteiger partial charge on any atom is 0.193 e. The van der Waals surface area contributed by atoms with E-state index < -0.39 is 0 Å². The van der Waals surface area contributed by atoms with Crippen molar-refractivity contribution in [1.82, 2.24) is 0 Å². The van der Waals surface area contributed by atoms with Crippen LogP contribution in [0.2, 0.25) is 0 Å². The second-order valence-corrected chi connectivity index (χ2v) is 7.81. The lowest BCUT2D eigenvalue weighted by Crippen LogP contribution is -2.03. The molecule has 0 fully saturated rings. The highest BCUT2D eigenvalue weighted by Gasteiger charge is 2.17. The lowest BCUT2D eigenvalue weighted by atomic mass is 10.00. The molecule has 0 aliphatic carbocycles. The molecule has 5 nitrogen and oxygen atoms in total. The molecule has 5 heteroatoms. The summed E-state index contributed by atoms with van der Waals surface area (Å²) in [5.74, 6) is 2.42. The Kier molecular flexibility index (Phi) is 6.22. The molecule has 1 aromatic heterocycles. The summed E-state index contributed by atoms with van der Waals surface area (Å²) in [6.45, 7) is 3.98. The fourth-order valence-corrected chi connectivity index (χ4v) is 3.72. The number of hydrogen-bond acceptors (Lipinski definition) is 5. The van der Waals surface area contributed by atoms with Crippen molar-refractivity contribution >= 4 is 23.1 Å². The number of aryl methyl sites for hydroxylation is 2. The van der Waals surface area contributed by atoms with Crippen molar-refractivity contribution in [2.45, 2.75) is 13.8 Å². The van der Waals surface area contributed by atoms with Gasteiger partial charge in [0.05, 0.1) is 32.3 Å². The first-order chi connectivity index (χ1) is 15.9. The summed E-state index contributed by atoms with van der Waals surface area (Å²) >= 11 is 0. The Balaban J connectivity index is 1.90. The fraction of sp³-hybridized carbons (Fsp3) is 0.179. The lowest BCUT2D eigenvalue weighted by molar-refractivity contribution is 0.394. The van der Waals surface area contributed by atoms with Crippen LogP contribution in [0.25, 0.3) is 34.4 Å². The first kappa shape index (κ1) is 22.2. The average Bonchev–Trinajstić information content (AvgIpc) is 2.83. The van der Waals surface area contributed by atoms with Gasteiger partial charge in [-0.1, -0.05) is 24.3 Å². The number of methoxy groups -OCH3 is 3. The molecule has 168 valence electrons. The van der Waals surface area contributed by atoms with Gasteiger partial charge in [-0.3, -0.25) is 4.79 Å². The van der Waals surface area contributed by atoms with Gasteiger partial charge >= 0.3 is 0 Å². The van der Waals surface area contributed by atoms with Crippen molar-refractivity contribution in [2.75, 3.05) is 21.3 Å². The molecular formula is C28H26O5. The van der Waals surface area contributed by atoms with Gasteiger partial charge in [0.25, 0.3) is 0 Å². The molecule has 0 atom stereocenters. The van der Waals surface area contributed by atoms with E-state index in [1.807, 2.05) is 68.5 Å². The minimum Gasteiger partial charge on any atom is -0.497 e. The van der Waals surface area contributed by atoms with Crippen LogP contribution in [-0.2, 0) is 0 Å². The van der Waals surface area contributed by atoms with Crippen LogP contribution in [-0.4, -0.2) is 21.3 Å². The minimum absolute atomic E-state index is 0.0997. The van der Waals surface area contributed by atoms with E-state index in [0.717, 1.165) is 28.0 Å². The van der Waals surface area contributed by atoms with E-state index in [1.54, 1.807) is 27.4 Å². The van der Waals surface area contributed by atoms with E-state index in [-0.39, 0.29) is 5.43 Å². The minimum atomic E-state index is -0.0997. The van der Waals surface area contributed by atoms with E-state index >= 15 is 0 Å². The summed E-state index contributed by atoms with van der Waals surface area (Å²) in [5.41, 5.74) is 5.03. The normalized spacial score (nSPS) is 11.2. The van der Waals surface area contributed by atoms with Gasteiger partial charge in [-0.15, -0.1) is 0 Å². The molecule has 33 heavy (non-hydrogen) atoms. The van der Waals surface area contributed by atoms with Crippen molar-refractivity contribution in [3.63, 3.8) is 0 Å².